The van der Waals surface area contributed by atoms with Crippen molar-refractivity contribution in [2.75, 3.05) is 7.11 Å². The van der Waals surface area contributed by atoms with E-state index in [0.717, 1.165) is 38.0 Å². The maximum atomic E-state index is 5.82. The standard InChI is InChI=1S/C20H15NO2S/c1-22-17-11-12-18-19(13-17)24-20(21-18)14-7-9-16(10-8-14)23-15-5-3-2-4-6-15/h2-13H,1H3. The van der Waals surface area contributed by atoms with E-state index >= 15 is 0 Å². The maximum Gasteiger partial charge on any atom is 0.127 e. The molecular formula is C20H15NO2S. The Hall–Kier alpha value is -2.85. The molecule has 0 atom stereocenters. The SMILES string of the molecule is COc1ccc2nc(-c3ccc(Oc4ccccc4)cc3)sc2c1. The summed E-state index contributed by atoms with van der Waals surface area (Å²) in [6, 6.07) is 23.7. The van der Waals surface area contributed by atoms with E-state index < -0.39 is 0 Å². The van der Waals surface area contributed by atoms with Crippen LogP contribution in [0, 0.1) is 0 Å². The van der Waals surface area contributed by atoms with Crippen molar-refractivity contribution in [3.63, 3.8) is 0 Å². The van der Waals surface area contributed by atoms with Crippen molar-refractivity contribution in [2.45, 2.75) is 0 Å². The van der Waals surface area contributed by atoms with E-state index in [2.05, 4.69) is 0 Å². The average Bonchev–Trinajstić information content (AvgIpc) is 3.06. The topological polar surface area (TPSA) is 31.4 Å². The molecule has 0 bridgehead atoms. The van der Waals surface area contributed by atoms with Crippen LogP contribution in [0.15, 0.2) is 72.8 Å². The Morgan fingerprint density at radius 3 is 2.25 bits per heavy atom. The molecule has 0 aliphatic carbocycles. The molecule has 0 fully saturated rings. The summed E-state index contributed by atoms with van der Waals surface area (Å²) < 4.78 is 12.2. The van der Waals surface area contributed by atoms with Crippen LogP contribution in [-0.4, -0.2) is 12.1 Å². The zero-order chi connectivity index (χ0) is 16.4. The van der Waals surface area contributed by atoms with Crippen molar-refractivity contribution in [3.8, 4) is 27.8 Å². The van der Waals surface area contributed by atoms with Crippen LogP contribution in [0.5, 0.6) is 17.2 Å². The molecule has 0 amide bonds. The average molecular weight is 333 g/mol. The predicted octanol–water partition coefficient (Wildman–Crippen LogP) is 5.76. The molecule has 3 aromatic carbocycles. The summed E-state index contributed by atoms with van der Waals surface area (Å²) >= 11 is 1.66. The lowest BCUT2D eigenvalue weighted by atomic mass is 10.2. The molecule has 1 heterocycles. The van der Waals surface area contributed by atoms with Crippen LogP contribution >= 0.6 is 11.3 Å². The van der Waals surface area contributed by atoms with Crippen molar-refractivity contribution < 1.29 is 9.47 Å². The molecule has 0 spiro atoms. The van der Waals surface area contributed by atoms with Crippen LogP contribution in [-0.2, 0) is 0 Å². The van der Waals surface area contributed by atoms with Gasteiger partial charge in [-0.05, 0) is 54.6 Å². The highest BCUT2D eigenvalue weighted by Gasteiger charge is 2.07. The number of methoxy groups -OCH3 is 1. The highest BCUT2D eigenvalue weighted by atomic mass is 32.1. The number of nitrogens with zero attached hydrogens (tertiary/aromatic N) is 1. The third kappa shape index (κ3) is 2.96. The maximum absolute atomic E-state index is 5.82. The Morgan fingerprint density at radius 2 is 1.50 bits per heavy atom. The number of hydrogen-bond acceptors (Lipinski definition) is 4. The minimum Gasteiger partial charge on any atom is -0.497 e. The zero-order valence-corrected chi connectivity index (χ0v) is 13.9. The lowest BCUT2D eigenvalue weighted by Crippen LogP contribution is -1.83. The summed E-state index contributed by atoms with van der Waals surface area (Å²) in [5, 5.41) is 0.990. The first-order chi connectivity index (χ1) is 11.8. The van der Waals surface area contributed by atoms with Gasteiger partial charge in [0.2, 0.25) is 0 Å². The van der Waals surface area contributed by atoms with Gasteiger partial charge in [0.05, 0.1) is 17.3 Å². The van der Waals surface area contributed by atoms with Gasteiger partial charge >= 0.3 is 0 Å². The van der Waals surface area contributed by atoms with E-state index in [1.165, 1.54) is 0 Å². The Kier molecular flexibility index (Phi) is 3.89. The fraction of sp³-hybridized carbons (Fsp3) is 0.0500. The van der Waals surface area contributed by atoms with E-state index in [-0.39, 0.29) is 0 Å². The summed E-state index contributed by atoms with van der Waals surface area (Å²) in [4.78, 5) is 4.69. The van der Waals surface area contributed by atoms with Crippen molar-refractivity contribution in [1.29, 1.82) is 0 Å². The van der Waals surface area contributed by atoms with Gasteiger partial charge in [0, 0.05) is 5.56 Å². The minimum absolute atomic E-state index is 0.813. The molecule has 1 aromatic heterocycles. The first kappa shape index (κ1) is 14.7. The second kappa shape index (κ2) is 6.34. The number of thiazole rings is 1. The highest BCUT2D eigenvalue weighted by Crippen LogP contribution is 2.33. The molecule has 4 rings (SSSR count). The lowest BCUT2D eigenvalue weighted by molar-refractivity contribution is 0.415. The van der Waals surface area contributed by atoms with E-state index in [1.807, 2.05) is 72.8 Å². The first-order valence-electron chi connectivity index (χ1n) is 7.60. The summed E-state index contributed by atoms with van der Waals surface area (Å²) in [6.45, 7) is 0. The van der Waals surface area contributed by atoms with E-state index in [0.29, 0.717) is 0 Å². The highest BCUT2D eigenvalue weighted by molar-refractivity contribution is 7.21. The molecule has 0 saturated heterocycles. The molecule has 0 aliphatic rings. The number of hydrogen-bond donors (Lipinski definition) is 0. The van der Waals surface area contributed by atoms with Crippen molar-refractivity contribution in [1.82, 2.24) is 4.98 Å². The smallest absolute Gasteiger partial charge is 0.127 e. The second-order valence-corrected chi connectivity index (χ2v) is 6.32. The van der Waals surface area contributed by atoms with Crippen LogP contribution in [0.4, 0.5) is 0 Å². The number of benzene rings is 3. The van der Waals surface area contributed by atoms with Crippen molar-refractivity contribution >= 4 is 21.6 Å². The largest absolute Gasteiger partial charge is 0.497 e. The molecule has 3 nitrogen and oxygen atoms in total. The summed E-state index contributed by atoms with van der Waals surface area (Å²) in [7, 11) is 1.68. The zero-order valence-electron chi connectivity index (χ0n) is 13.1. The van der Waals surface area contributed by atoms with Crippen molar-refractivity contribution in [3.05, 3.63) is 72.8 Å². The molecule has 0 radical (unpaired) electrons. The third-order valence-corrected chi connectivity index (χ3v) is 4.74. The summed E-state index contributed by atoms with van der Waals surface area (Å²) in [5.74, 6) is 2.49. The number of para-hydroxylation sites is 1. The monoisotopic (exact) mass is 333 g/mol. The minimum atomic E-state index is 0.813. The van der Waals surface area contributed by atoms with Crippen molar-refractivity contribution in [2.24, 2.45) is 0 Å². The molecule has 4 heteroatoms. The quantitative estimate of drug-likeness (QED) is 0.475. The Morgan fingerprint density at radius 1 is 0.792 bits per heavy atom. The van der Waals surface area contributed by atoms with Crippen LogP contribution in [0.2, 0.25) is 0 Å². The number of rotatable bonds is 4. The van der Waals surface area contributed by atoms with Gasteiger partial charge in [-0.1, -0.05) is 18.2 Å². The lowest BCUT2D eigenvalue weighted by Gasteiger charge is -2.05. The number of fused-ring (bicyclic) bond motifs is 1. The van der Waals surface area contributed by atoms with Gasteiger partial charge in [-0.2, -0.15) is 0 Å². The fourth-order valence-electron chi connectivity index (χ4n) is 2.45. The molecule has 0 N–H and O–H groups in total. The van der Waals surface area contributed by atoms with Crippen LogP contribution in [0.3, 0.4) is 0 Å². The van der Waals surface area contributed by atoms with Crippen LogP contribution in [0.1, 0.15) is 0 Å². The van der Waals surface area contributed by atoms with Gasteiger partial charge in [-0.3, -0.25) is 0 Å². The van der Waals surface area contributed by atoms with E-state index in [4.69, 9.17) is 14.5 Å². The predicted molar refractivity (Wildman–Crippen MR) is 98.1 cm³/mol. The van der Waals surface area contributed by atoms with Gasteiger partial charge in [0.15, 0.2) is 0 Å². The van der Waals surface area contributed by atoms with Gasteiger partial charge in [0.25, 0.3) is 0 Å². The number of aromatic nitrogens is 1. The van der Waals surface area contributed by atoms with Gasteiger partial charge in [-0.15, -0.1) is 11.3 Å². The Bertz CT molecular complexity index is 962. The summed E-state index contributed by atoms with van der Waals surface area (Å²) in [5.41, 5.74) is 2.07. The molecular weight excluding hydrogens is 318 g/mol. The van der Waals surface area contributed by atoms with E-state index in [9.17, 15) is 0 Å². The van der Waals surface area contributed by atoms with Crippen LogP contribution < -0.4 is 9.47 Å². The molecule has 118 valence electrons. The Balaban J connectivity index is 1.60. The fourth-order valence-corrected chi connectivity index (χ4v) is 3.45. The Labute approximate surface area is 144 Å². The molecule has 0 aliphatic heterocycles. The normalized spacial score (nSPS) is 10.7. The molecule has 4 aromatic rings. The van der Waals surface area contributed by atoms with E-state index in [1.54, 1.807) is 18.4 Å². The summed E-state index contributed by atoms with van der Waals surface area (Å²) in [6.07, 6.45) is 0. The van der Waals surface area contributed by atoms with Gasteiger partial charge in [-0.25, -0.2) is 4.98 Å². The second-order valence-electron chi connectivity index (χ2n) is 5.29. The third-order valence-electron chi connectivity index (χ3n) is 3.68. The molecule has 0 unspecified atom stereocenters. The molecule has 24 heavy (non-hydrogen) atoms. The van der Waals surface area contributed by atoms with Gasteiger partial charge in [0.1, 0.15) is 22.3 Å². The molecule has 0 saturated carbocycles. The number of ether oxygens (including phenoxy) is 2. The van der Waals surface area contributed by atoms with Crippen LogP contribution in [0.25, 0.3) is 20.8 Å². The van der Waals surface area contributed by atoms with Gasteiger partial charge < -0.3 is 9.47 Å². The first-order valence-corrected chi connectivity index (χ1v) is 8.41.